The van der Waals surface area contributed by atoms with Gasteiger partial charge in [-0.1, -0.05) is 32.9 Å². The van der Waals surface area contributed by atoms with Gasteiger partial charge in [0.2, 0.25) is 0 Å². The van der Waals surface area contributed by atoms with Gasteiger partial charge in [-0.15, -0.1) is 0 Å². The monoisotopic (exact) mass is 601 g/mol. The Hall–Kier alpha value is -4.04. The van der Waals surface area contributed by atoms with E-state index in [-0.39, 0.29) is 27.6 Å². The molecule has 3 aromatic rings. The highest BCUT2D eigenvalue weighted by Crippen LogP contribution is 2.41. The summed E-state index contributed by atoms with van der Waals surface area (Å²) in [7, 11) is -4.29. The molecule has 5 rings (SSSR count). The first-order chi connectivity index (χ1) is 20.3. The minimum Gasteiger partial charge on any atom is -0.362 e. The van der Waals surface area contributed by atoms with Crippen molar-refractivity contribution in [1.29, 1.82) is 5.26 Å². The number of carbonyl (C=O) groups excluding carboxylic acids is 1. The summed E-state index contributed by atoms with van der Waals surface area (Å²) in [5.74, 6) is 0.411. The molecule has 2 aliphatic rings. The molecule has 226 valence electrons. The van der Waals surface area contributed by atoms with E-state index in [1.807, 2.05) is 18.2 Å². The van der Waals surface area contributed by atoms with Gasteiger partial charge in [-0.2, -0.15) is 13.7 Å². The minimum atomic E-state index is -4.29. The van der Waals surface area contributed by atoms with Crippen LogP contribution in [0.25, 0.3) is 0 Å². The quantitative estimate of drug-likeness (QED) is 0.409. The number of hydrogen-bond acceptors (Lipinski definition) is 9. The number of nitriles is 1. The standard InChI is InChI=1S/C32H39N7O3S/c1-31(2,3)26-17-15-23-29(36-26)39-20-21(19-32(39,4)5)14-16-25(24-11-6-9-22(34-24)10-8-18-33)35-27-12-7-13-28(37-27)43(41,42)38-30(23)40/h6-7,9,11-13,15,17,21,25H,8,10,14,16,19-20H2,1-5H3,(H,35,37)(H,38,40)/t21-,25?/m0/s1. The van der Waals surface area contributed by atoms with E-state index in [1.165, 1.54) is 6.07 Å². The fraction of sp³-hybridized carbons (Fsp3) is 0.469. The first kappa shape index (κ1) is 30.4. The number of amides is 1. The molecular weight excluding hydrogens is 562 g/mol. The molecule has 0 radical (unpaired) electrons. The Kier molecular flexibility index (Phi) is 8.18. The third-order valence-corrected chi connectivity index (χ3v) is 9.43. The summed E-state index contributed by atoms with van der Waals surface area (Å²) >= 11 is 0. The van der Waals surface area contributed by atoms with E-state index >= 15 is 0 Å². The van der Waals surface area contributed by atoms with Crippen molar-refractivity contribution in [2.75, 3.05) is 16.8 Å². The zero-order valence-electron chi connectivity index (χ0n) is 25.4. The van der Waals surface area contributed by atoms with Crippen molar-refractivity contribution < 1.29 is 13.2 Å². The summed E-state index contributed by atoms with van der Waals surface area (Å²) in [5, 5.41) is 12.2. The maximum atomic E-state index is 13.6. The smallest absolute Gasteiger partial charge is 0.281 e. The fourth-order valence-electron chi connectivity index (χ4n) is 5.97. The van der Waals surface area contributed by atoms with E-state index < -0.39 is 15.9 Å². The molecule has 43 heavy (non-hydrogen) atoms. The molecule has 11 heteroatoms. The van der Waals surface area contributed by atoms with E-state index in [9.17, 15) is 13.2 Å². The zero-order valence-corrected chi connectivity index (χ0v) is 26.2. The maximum absolute atomic E-state index is 13.6. The highest BCUT2D eigenvalue weighted by atomic mass is 32.2. The second kappa shape index (κ2) is 11.6. The number of aromatic nitrogens is 3. The molecule has 0 aliphatic carbocycles. The molecule has 2 aliphatic heterocycles. The van der Waals surface area contributed by atoms with Crippen molar-refractivity contribution in [1.82, 2.24) is 19.7 Å². The Morgan fingerprint density at radius 3 is 2.56 bits per heavy atom. The lowest BCUT2D eigenvalue weighted by Crippen LogP contribution is -2.41. The average molecular weight is 602 g/mol. The number of nitrogens with zero attached hydrogens (tertiary/aromatic N) is 5. The molecule has 1 unspecified atom stereocenters. The number of aryl methyl sites for hydroxylation is 1. The molecule has 1 amide bonds. The van der Waals surface area contributed by atoms with Gasteiger partial charge in [-0.25, -0.2) is 14.7 Å². The van der Waals surface area contributed by atoms with Crippen LogP contribution in [0.1, 0.15) is 93.8 Å². The van der Waals surface area contributed by atoms with Gasteiger partial charge in [0, 0.05) is 41.7 Å². The summed E-state index contributed by atoms with van der Waals surface area (Å²) in [6, 6.07) is 15.9. The number of sulfonamides is 1. The van der Waals surface area contributed by atoms with Crippen LogP contribution in [0.5, 0.6) is 0 Å². The molecule has 2 atom stereocenters. The SMILES string of the molecule is CC(C)(C)c1ccc2c(n1)N1C[C@@H](CCC(c3cccc(CCC#N)n3)Nc3cccc(n3)S(=O)(=O)NC2=O)CC1(C)C. The number of anilines is 2. The topological polar surface area (TPSA) is 141 Å². The first-order valence-electron chi connectivity index (χ1n) is 14.7. The zero-order chi connectivity index (χ0) is 31.0. The predicted octanol–water partition coefficient (Wildman–Crippen LogP) is 5.30. The highest BCUT2D eigenvalue weighted by Gasteiger charge is 2.41. The van der Waals surface area contributed by atoms with Crippen LogP contribution in [-0.4, -0.2) is 41.4 Å². The lowest BCUT2D eigenvalue weighted by Gasteiger charge is -2.34. The third-order valence-electron chi connectivity index (χ3n) is 8.19. The molecule has 10 nitrogen and oxygen atoms in total. The average Bonchev–Trinajstić information content (AvgIpc) is 3.26. The number of pyridine rings is 3. The maximum Gasteiger partial charge on any atom is 0.281 e. The van der Waals surface area contributed by atoms with Crippen LogP contribution in [0.4, 0.5) is 11.6 Å². The number of fused-ring (bicyclic) bond motifs is 6. The second-order valence-corrected chi connectivity index (χ2v) is 14.7. The summed E-state index contributed by atoms with van der Waals surface area (Å²) in [4.78, 5) is 30.0. The van der Waals surface area contributed by atoms with Crippen molar-refractivity contribution in [3.8, 4) is 6.07 Å². The van der Waals surface area contributed by atoms with Gasteiger partial charge < -0.3 is 10.2 Å². The van der Waals surface area contributed by atoms with Crippen LogP contribution in [0.2, 0.25) is 0 Å². The molecule has 0 spiro atoms. The number of carbonyl (C=O) groups is 1. The van der Waals surface area contributed by atoms with Gasteiger partial charge in [0.25, 0.3) is 15.9 Å². The number of nitrogens with one attached hydrogen (secondary N) is 2. The Morgan fingerprint density at radius 2 is 1.81 bits per heavy atom. The fourth-order valence-corrected chi connectivity index (χ4v) is 6.90. The lowest BCUT2D eigenvalue weighted by atomic mass is 9.90. The van der Waals surface area contributed by atoms with E-state index in [0.717, 1.165) is 36.3 Å². The molecule has 5 heterocycles. The van der Waals surface area contributed by atoms with Crippen LogP contribution < -0.4 is 14.9 Å². The van der Waals surface area contributed by atoms with Crippen LogP contribution in [0.15, 0.2) is 53.6 Å². The van der Waals surface area contributed by atoms with Crippen molar-refractivity contribution in [3.63, 3.8) is 0 Å². The van der Waals surface area contributed by atoms with Crippen molar-refractivity contribution in [2.24, 2.45) is 5.92 Å². The molecule has 3 aromatic heterocycles. The van der Waals surface area contributed by atoms with E-state index in [0.29, 0.717) is 36.9 Å². The van der Waals surface area contributed by atoms with E-state index in [4.69, 9.17) is 15.2 Å². The van der Waals surface area contributed by atoms with Gasteiger partial charge >= 0.3 is 0 Å². The molecule has 1 saturated heterocycles. The Labute approximate surface area is 254 Å². The Bertz CT molecular complexity index is 1670. The van der Waals surface area contributed by atoms with Crippen LogP contribution in [0, 0.1) is 17.2 Å². The van der Waals surface area contributed by atoms with E-state index in [2.05, 4.69) is 60.6 Å². The van der Waals surface area contributed by atoms with Gasteiger partial charge in [-0.3, -0.25) is 9.78 Å². The summed E-state index contributed by atoms with van der Waals surface area (Å²) < 4.78 is 29.1. The summed E-state index contributed by atoms with van der Waals surface area (Å²) in [6.07, 6.45) is 3.39. The number of rotatable bonds is 3. The molecule has 2 N–H and O–H groups in total. The molecule has 1 fully saturated rings. The normalized spacial score (nSPS) is 21.4. The van der Waals surface area contributed by atoms with Crippen LogP contribution in [0.3, 0.4) is 0 Å². The lowest BCUT2D eigenvalue weighted by molar-refractivity contribution is 0.0981. The molecule has 4 bridgehead atoms. The van der Waals surface area contributed by atoms with Crippen molar-refractivity contribution in [2.45, 2.75) is 88.7 Å². The first-order valence-corrected chi connectivity index (χ1v) is 16.2. The number of hydrogen-bond donors (Lipinski definition) is 2. The largest absolute Gasteiger partial charge is 0.362 e. The summed E-state index contributed by atoms with van der Waals surface area (Å²) in [5.41, 5.74) is 2.08. The van der Waals surface area contributed by atoms with Gasteiger partial charge in [0.1, 0.15) is 11.6 Å². The third kappa shape index (κ3) is 6.64. The van der Waals surface area contributed by atoms with Crippen LogP contribution in [-0.2, 0) is 21.9 Å². The van der Waals surface area contributed by atoms with Gasteiger partial charge in [-0.05, 0) is 75.4 Å². The Balaban J connectivity index is 1.60. The van der Waals surface area contributed by atoms with Crippen molar-refractivity contribution in [3.05, 3.63) is 71.2 Å². The van der Waals surface area contributed by atoms with E-state index in [1.54, 1.807) is 24.3 Å². The second-order valence-electron chi connectivity index (χ2n) is 13.1. The van der Waals surface area contributed by atoms with Crippen molar-refractivity contribution >= 4 is 27.6 Å². The Morgan fingerprint density at radius 1 is 1.05 bits per heavy atom. The highest BCUT2D eigenvalue weighted by molar-refractivity contribution is 7.90. The molecular formula is C32H39N7O3S. The predicted molar refractivity (Wildman–Crippen MR) is 165 cm³/mol. The van der Waals surface area contributed by atoms with Gasteiger partial charge in [0.05, 0.1) is 23.4 Å². The van der Waals surface area contributed by atoms with Gasteiger partial charge in [0.15, 0.2) is 5.03 Å². The summed E-state index contributed by atoms with van der Waals surface area (Å²) in [6.45, 7) is 11.1. The van der Waals surface area contributed by atoms with Crippen LogP contribution >= 0.6 is 0 Å². The molecule has 0 saturated carbocycles. The minimum absolute atomic E-state index is 0.214. The molecule has 0 aromatic carbocycles.